The van der Waals surface area contributed by atoms with Crippen molar-refractivity contribution in [1.29, 1.82) is 0 Å². The molecule has 0 aromatic heterocycles. The molecule has 0 aromatic carbocycles. The number of nitrogens with zero attached hydrogens (tertiary/aromatic N) is 1. The Bertz CT molecular complexity index is 211. The molecule has 1 amide bonds. The average molecular weight is 214 g/mol. The zero-order chi connectivity index (χ0) is 11.3. The Morgan fingerprint density at radius 1 is 1.53 bits per heavy atom. The first kappa shape index (κ1) is 12.5. The largest absolute Gasteiger partial charge is 0.377 e. The molecule has 1 saturated heterocycles. The third kappa shape index (κ3) is 3.47. The molecule has 4 nitrogen and oxygen atoms in total. The van der Waals surface area contributed by atoms with Crippen molar-refractivity contribution in [3.8, 4) is 0 Å². The third-order valence-corrected chi connectivity index (χ3v) is 3.16. The van der Waals surface area contributed by atoms with E-state index in [4.69, 9.17) is 4.74 Å². The lowest BCUT2D eigenvalue weighted by Gasteiger charge is -2.36. The Balaban J connectivity index is 2.42. The number of carbonyl (C=O) groups is 1. The first-order chi connectivity index (χ1) is 7.09. The fourth-order valence-corrected chi connectivity index (χ4v) is 1.99. The summed E-state index contributed by atoms with van der Waals surface area (Å²) in [7, 11) is 5.33. The number of carbonyl (C=O) groups excluding carboxylic acids is 1. The Labute approximate surface area is 92.0 Å². The molecule has 1 fully saturated rings. The summed E-state index contributed by atoms with van der Waals surface area (Å²) >= 11 is 0. The Kier molecular flexibility index (Phi) is 4.54. The van der Waals surface area contributed by atoms with E-state index in [1.54, 1.807) is 26.1 Å². The fraction of sp³-hybridized carbons (Fsp3) is 0.909. The number of nitrogens with one attached hydrogen (secondary N) is 1. The van der Waals surface area contributed by atoms with Gasteiger partial charge in [0.2, 0.25) is 5.91 Å². The molecule has 4 heteroatoms. The van der Waals surface area contributed by atoms with E-state index in [9.17, 15) is 4.79 Å². The number of hydrogen-bond acceptors (Lipinski definition) is 3. The van der Waals surface area contributed by atoms with Crippen LogP contribution in [0.4, 0.5) is 0 Å². The van der Waals surface area contributed by atoms with Gasteiger partial charge in [0.15, 0.2) is 0 Å². The fourth-order valence-electron chi connectivity index (χ4n) is 1.99. The van der Waals surface area contributed by atoms with Crippen molar-refractivity contribution in [2.24, 2.45) is 0 Å². The van der Waals surface area contributed by atoms with E-state index in [1.165, 1.54) is 0 Å². The number of methoxy groups -OCH3 is 1. The van der Waals surface area contributed by atoms with Crippen LogP contribution in [0.5, 0.6) is 0 Å². The first-order valence-corrected chi connectivity index (χ1v) is 5.56. The minimum absolute atomic E-state index is 0.121. The lowest BCUT2D eigenvalue weighted by Crippen LogP contribution is -2.47. The van der Waals surface area contributed by atoms with Crippen molar-refractivity contribution in [2.45, 2.75) is 31.3 Å². The van der Waals surface area contributed by atoms with E-state index in [1.807, 2.05) is 0 Å². The van der Waals surface area contributed by atoms with E-state index < -0.39 is 0 Å². The number of ether oxygens (including phenoxy) is 1. The monoisotopic (exact) mass is 214 g/mol. The zero-order valence-corrected chi connectivity index (χ0v) is 10.0. The Morgan fingerprint density at radius 3 is 2.73 bits per heavy atom. The van der Waals surface area contributed by atoms with Crippen LogP contribution in [0.3, 0.4) is 0 Å². The van der Waals surface area contributed by atoms with Gasteiger partial charge in [-0.25, -0.2) is 0 Å². The number of hydrogen-bond donors (Lipinski definition) is 1. The standard InChI is InChI=1S/C11H22N2O2/c1-13(2)10(14)5-7-11(15-3)6-4-8-12-9-11/h12H,4-9H2,1-3H3/t11-/m1/s1. The highest BCUT2D eigenvalue weighted by Crippen LogP contribution is 2.25. The molecule has 1 atom stereocenters. The third-order valence-electron chi connectivity index (χ3n) is 3.16. The average Bonchev–Trinajstić information content (AvgIpc) is 2.27. The van der Waals surface area contributed by atoms with E-state index in [0.29, 0.717) is 6.42 Å². The molecule has 1 N–H and O–H groups in total. The van der Waals surface area contributed by atoms with Crippen molar-refractivity contribution in [1.82, 2.24) is 10.2 Å². The van der Waals surface area contributed by atoms with Crippen LogP contribution in [-0.4, -0.2) is 50.7 Å². The van der Waals surface area contributed by atoms with E-state index in [2.05, 4.69) is 5.32 Å². The first-order valence-electron chi connectivity index (χ1n) is 5.56. The summed E-state index contributed by atoms with van der Waals surface area (Å²) in [6, 6.07) is 0. The van der Waals surface area contributed by atoms with Crippen molar-refractivity contribution < 1.29 is 9.53 Å². The molecular formula is C11H22N2O2. The molecule has 88 valence electrons. The van der Waals surface area contributed by atoms with Crippen LogP contribution in [0, 0.1) is 0 Å². The molecule has 0 aliphatic carbocycles. The van der Waals surface area contributed by atoms with Crippen LogP contribution in [-0.2, 0) is 9.53 Å². The normalized spacial score (nSPS) is 26.3. The summed E-state index contributed by atoms with van der Waals surface area (Å²) in [4.78, 5) is 13.1. The molecule has 0 saturated carbocycles. The minimum Gasteiger partial charge on any atom is -0.377 e. The summed E-state index contributed by atoms with van der Waals surface area (Å²) in [5.41, 5.74) is -0.121. The maximum atomic E-state index is 11.5. The smallest absolute Gasteiger partial charge is 0.222 e. The van der Waals surface area contributed by atoms with Gasteiger partial charge < -0.3 is 15.0 Å². The number of amides is 1. The van der Waals surface area contributed by atoms with Gasteiger partial charge in [-0.2, -0.15) is 0 Å². The molecule has 0 aromatic rings. The van der Waals surface area contributed by atoms with Gasteiger partial charge in [0, 0.05) is 34.2 Å². The van der Waals surface area contributed by atoms with Crippen LogP contribution in [0.2, 0.25) is 0 Å². The van der Waals surface area contributed by atoms with E-state index in [-0.39, 0.29) is 11.5 Å². The second-order valence-corrected chi connectivity index (χ2v) is 4.46. The van der Waals surface area contributed by atoms with Crippen molar-refractivity contribution in [3.05, 3.63) is 0 Å². The highest BCUT2D eigenvalue weighted by molar-refractivity contribution is 5.75. The molecule has 0 bridgehead atoms. The van der Waals surface area contributed by atoms with Crippen LogP contribution in [0.25, 0.3) is 0 Å². The molecule has 15 heavy (non-hydrogen) atoms. The van der Waals surface area contributed by atoms with E-state index >= 15 is 0 Å². The quantitative estimate of drug-likeness (QED) is 0.746. The van der Waals surface area contributed by atoms with Crippen LogP contribution in [0.1, 0.15) is 25.7 Å². The number of rotatable bonds is 4. The Hall–Kier alpha value is -0.610. The van der Waals surface area contributed by atoms with Crippen molar-refractivity contribution in [2.75, 3.05) is 34.3 Å². The molecule has 0 radical (unpaired) electrons. The molecule has 1 rings (SSSR count). The summed E-state index contributed by atoms with van der Waals surface area (Å²) in [6.45, 7) is 1.93. The molecule has 1 aliphatic heterocycles. The number of piperidine rings is 1. The minimum atomic E-state index is -0.121. The molecule has 0 spiro atoms. The molecule has 0 unspecified atom stereocenters. The summed E-state index contributed by atoms with van der Waals surface area (Å²) < 4.78 is 5.58. The van der Waals surface area contributed by atoms with Crippen molar-refractivity contribution >= 4 is 5.91 Å². The van der Waals surface area contributed by atoms with Gasteiger partial charge in [-0.15, -0.1) is 0 Å². The zero-order valence-electron chi connectivity index (χ0n) is 10.0. The van der Waals surface area contributed by atoms with Crippen molar-refractivity contribution in [3.63, 3.8) is 0 Å². The van der Waals surface area contributed by atoms with Gasteiger partial charge in [0.05, 0.1) is 5.60 Å². The predicted molar refractivity (Wildman–Crippen MR) is 59.8 cm³/mol. The van der Waals surface area contributed by atoms with E-state index in [0.717, 1.165) is 32.4 Å². The molecular weight excluding hydrogens is 192 g/mol. The SMILES string of the molecule is CO[C@@]1(CCC(=O)N(C)C)CCCNC1. The second-order valence-electron chi connectivity index (χ2n) is 4.46. The summed E-state index contributed by atoms with van der Waals surface area (Å²) in [6.07, 6.45) is 3.57. The van der Waals surface area contributed by atoms with Gasteiger partial charge in [-0.1, -0.05) is 0 Å². The maximum absolute atomic E-state index is 11.5. The van der Waals surface area contributed by atoms with Gasteiger partial charge in [0.1, 0.15) is 0 Å². The molecule has 1 aliphatic rings. The summed E-state index contributed by atoms with van der Waals surface area (Å²) in [5.74, 6) is 0.178. The second kappa shape index (κ2) is 5.47. The predicted octanol–water partition coefficient (Wildman–Crippen LogP) is 0.623. The van der Waals surface area contributed by atoms with Crippen LogP contribution < -0.4 is 5.32 Å². The maximum Gasteiger partial charge on any atom is 0.222 e. The van der Waals surface area contributed by atoms with Gasteiger partial charge in [-0.05, 0) is 25.8 Å². The van der Waals surface area contributed by atoms with Crippen LogP contribution >= 0.6 is 0 Å². The lowest BCUT2D eigenvalue weighted by atomic mass is 9.89. The van der Waals surface area contributed by atoms with Gasteiger partial charge in [0.25, 0.3) is 0 Å². The van der Waals surface area contributed by atoms with Crippen LogP contribution in [0.15, 0.2) is 0 Å². The van der Waals surface area contributed by atoms with Gasteiger partial charge in [-0.3, -0.25) is 4.79 Å². The summed E-state index contributed by atoms with van der Waals surface area (Å²) in [5, 5.41) is 3.33. The highest BCUT2D eigenvalue weighted by atomic mass is 16.5. The topological polar surface area (TPSA) is 41.6 Å². The highest BCUT2D eigenvalue weighted by Gasteiger charge is 2.32. The Morgan fingerprint density at radius 2 is 2.27 bits per heavy atom. The van der Waals surface area contributed by atoms with Gasteiger partial charge >= 0.3 is 0 Å². The molecule has 1 heterocycles. The lowest BCUT2D eigenvalue weighted by molar-refractivity contribution is -0.130.